The standard InChI is InChI=1S/C17H10BrClO4S2/c18-11-1-7-14(8-2-11)25(21,22)16-10-9-15(23-16)17(20)24-13-5-3-12(19)4-6-13/h1-10H. The predicted molar refractivity (Wildman–Crippen MR) is 99.9 cm³/mol. The van der Waals surface area contributed by atoms with Gasteiger partial charge in [0.25, 0.3) is 5.12 Å². The molecule has 0 aliphatic heterocycles. The highest BCUT2D eigenvalue weighted by Crippen LogP contribution is 2.28. The molecule has 8 heteroatoms. The van der Waals surface area contributed by atoms with E-state index < -0.39 is 9.84 Å². The Labute approximate surface area is 162 Å². The summed E-state index contributed by atoms with van der Waals surface area (Å²) in [7, 11) is -3.81. The van der Waals surface area contributed by atoms with Gasteiger partial charge in [0.1, 0.15) is 0 Å². The second-order valence-corrected chi connectivity index (χ2v) is 9.20. The largest absolute Gasteiger partial charge is 0.440 e. The fourth-order valence-electron chi connectivity index (χ4n) is 1.96. The lowest BCUT2D eigenvalue weighted by molar-refractivity contribution is 0.106. The fraction of sp³-hybridized carbons (Fsp3) is 0. The molecule has 0 amide bonds. The van der Waals surface area contributed by atoms with Gasteiger partial charge in [0.2, 0.25) is 14.9 Å². The van der Waals surface area contributed by atoms with Crippen molar-refractivity contribution in [2.24, 2.45) is 0 Å². The Balaban J connectivity index is 1.82. The molecular formula is C17H10BrClO4S2. The van der Waals surface area contributed by atoms with E-state index in [-0.39, 0.29) is 20.9 Å². The first-order valence-corrected chi connectivity index (χ1v) is 10.4. The summed E-state index contributed by atoms with van der Waals surface area (Å²) in [5.41, 5.74) is 0. The number of carbonyl (C=O) groups excluding carboxylic acids is 1. The van der Waals surface area contributed by atoms with E-state index in [4.69, 9.17) is 16.0 Å². The van der Waals surface area contributed by atoms with Crippen LogP contribution in [0.3, 0.4) is 0 Å². The van der Waals surface area contributed by atoms with Crippen LogP contribution in [0.15, 0.2) is 84.4 Å². The Morgan fingerprint density at radius 2 is 1.60 bits per heavy atom. The molecule has 3 rings (SSSR count). The van der Waals surface area contributed by atoms with Crippen LogP contribution in [0.5, 0.6) is 0 Å². The molecule has 128 valence electrons. The van der Waals surface area contributed by atoms with Crippen LogP contribution in [0.4, 0.5) is 0 Å². The zero-order valence-electron chi connectivity index (χ0n) is 12.5. The molecule has 1 heterocycles. The summed E-state index contributed by atoms with van der Waals surface area (Å²) in [5.74, 6) is -0.0318. The highest BCUT2D eigenvalue weighted by molar-refractivity contribution is 9.10. The van der Waals surface area contributed by atoms with Gasteiger partial charge in [-0.2, -0.15) is 0 Å². The molecule has 2 aromatic carbocycles. The maximum atomic E-state index is 12.5. The van der Waals surface area contributed by atoms with Crippen molar-refractivity contribution in [3.63, 3.8) is 0 Å². The van der Waals surface area contributed by atoms with Gasteiger partial charge in [0.15, 0.2) is 5.76 Å². The third-order valence-electron chi connectivity index (χ3n) is 3.20. The molecule has 1 aromatic heterocycles. The maximum Gasteiger partial charge on any atom is 0.259 e. The molecule has 0 aliphatic carbocycles. The van der Waals surface area contributed by atoms with E-state index in [0.717, 1.165) is 16.2 Å². The van der Waals surface area contributed by atoms with E-state index in [1.807, 2.05) is 0 Å². The third kappa shape index (κ3) is 4.17. The quantitative estimate of drug-likeness (QED) is 0.487. The van der Waals surface area contributed by atoms with Crippen LogP contribution in [-0.4, -0.2) is 13.5 Å². The van der Waals surface area contributed by atoms with Gasteiger partial charge < -0.3 is 4.42 Å². The maximum absolute atomic E-state index is 12.5. The lowest BCUT2D eigenvalue weighted by Crippen LogP contribution is -2.00. The van der Waals surface area contributed by atoms with Gasteiger partial charge in [0.05, 0.1) is 4.90 Å². The van der Waals surface area contributed by atoms with Crippen molar-refractivity contribution < 1.29 is 17.6 Å². The number of thioether (sulfide) groups is 1. The Hall–Kier alpha value is -1.54. The molecule has 0 fully saturated rings. The molecule has 0 aliphatic rings. The van der Waals surface area contributed by atoms with Crippen LogP contribution < -0.4 is 0 Å². The van der Waals surface area contributed by atoms with E-state index >= 15 is 0 Å². The summed E-state index contributed by atoms with van der Waals surface area (Å²) in [5, 5.41) is -0.0906. The average Bonchev–Trinajstić information content (AvgIpc) is 3.08. The SMILES string of the molecule is O=C(Sc1ccc(Cl)cc1)c1ccc(S(=O)(=O)c2ccc(Br)cc2)o1. The van der Waals surface area contributed by atoms with E-state index in [0.29, 0.717) is 9.92 Å². The van der Waals surface area contributed by atoms with Crippen molar-refractivity contribution in [1.82, 2.24) is 0 Å². The normalized spacial score (nSPS) is 11.4. The molecule has 0 saturated carbocycles. The molecule has 0 saturated heterocycles. The Kier molecular flexibility index (Phi) is 5.38. The minimum absolute atomic E-state index is 0.0318. The van der Waals surface area contributed by atoms with Crippen molar-refractivity contribution in [3.8, 4) is 0 Å². The first-order chi connectivity index (χ1) is 11.9. The smallest absolute Gasteiger partial charge is 0.259 e. The Morgan fingerprint density at radius 1 is 0.960 bits per heavy atom. The zero-order chi connectivity index (χ0) is 18.0. The first kappa shape index (κ1) is 18.3. The van der Waals surface area contributed by atoms with E-state index in [9.17, 15) is 13.2 Å². The number of benzene rings is 2. The number of furan rings is 1. The molecule has 4 nitrogen and oxygen atoms in total. The summed E-state index contributed by atoms with van der Waals surface area (Å²) < 4.78 is 31.1. The number of hydrogen-bond donors (Lipinski definition) is 0. The summed E-state index contributed by atoms with van der Waals surface area (Å²) in [6, 6.07) is 15.6. The molecule has 0 unspecified atom stereocenters. The van der Waals surface area contributed by atoms with Gasteiger partial charge in [-0.15, -0.1) is 0 Å². The fourth-order valence-corrected chi connectivity index (χ4v) is 4.22. The highest BCUT2D eigenvalue weighted by atomic mass is 79.9. The van der Waals surface area contributed by atoms with Crippen LogP contribution in [0, 0.1) is 0 Å². The van der Waals surface area contributed by atoms with Crippen molar-refractivity contribution in [2.45, 2.75) is 14.9 Å². The monoisotopic (exact) mass is 456 g/mol. The predicted octanol–water partition coefficient (Wildman–Crippen LogP) is 5.46. The van der Waals surface area contributed by atoms with Gasteiger partial charge in [-0.25, -0.2) is 8.42 Å². The van der Waals surface area contributed by atoms with Gasteiger partial charge in [-0.05, 0) is 72.4 Å². The van der Waals surface area contributed by atoms with Crippen LogP contribution in [0.25, 0.3) is 0 Å². The average molecular weight is 458 g/mol. The summed E-state index contributed by atoms with van der Waals surface area (Å²) in [6.45, 7) is 0. The molecular weight excluding hydrogens is 448 g/mol. The second kappa shape index (κ2) is 7.37. The lowest BCUT2D eigenvalue weighted by Gasteiger charge is -2.01. The third-order valence-corrected chi connectivity index (χ3v) is 6.51. The zero-order valence-corrected chi connectivity index (χ0v) is 16.5. The van der Waals surface area contributed by atoms with Crippen LogP contribution in [0.2, 0.25) is 5.02 Å². The van der Waals surface area contributed by atoms with E-state index in [2.05, 4.69) is 15.9 Å². The molecule has 0 spiro atoms. The minimum Gasteiger partial charge on any atom is -0.440 e. The Bertz CT molecular complexity index is 1010. The van der Waals surface area contributed by atoms with E-state index in [1.165, 1.54) is 24.3 Å². The molecule has 0 radical (unpaired) electrons. The van der Waals surface area contributed by atoms with Gasteiger partial charge in [-0.3, -0.25) is 4.79 Å². The lowest BCUT2D eigenvalue weighted by atomic mass is 10.4. The highest BCUT2D eigenvalue weighted by Gasteiger charge is 2.23. The number of rotatable bonds is 4. The van der Waals surface area contributed by atoms with Crippen molar-refractivity contribution in [2.75, 3.05) is 0 Å². The van der Waals surface area contributed by atoms with Crippen molar-refractivity contribution in [3.05, 3.63) is 75.9 Å². The second-order valence-electron chi connectivity index (χ2n) is 4.92. The summed E-state index contributed by atoms with van der Waals surface area (Å²) in [6.07, 6.45) is 0. The molecule has 25 heavy (non-hydrogen) atoms. The first-order valence-electron chi connectivity index (χ1n) is 6.94. The van der Waals surface area contributed by atoms with Gasteiger partial charge in [-0.1, -0.05) is 27.5 Å². The van der Waals surface area contributed by atoms with Crippen molar-refractivity contribution >= 4 is 54.2 Å². The van der Waals surface area contributed by atoms with Crippen LogP contribution in [-0.2, 0) is 9.84 Å². The molecule has 0 N–H and O–H groups in total. The number of carbonyl (C=O) groups is 1. The van der Waals surface area contributed by atoms with Crippen LogP contribution in [0.1, 0.15) is 10.6 Å². The number of hydrogen-bond acceptors (Lipinski definition) is 5. The van der Waals surface area contributed by atoms with Crippen molar-refractivity contribution in [1.29, 1.82) is 0 Å². The topological polar surface area (TPSA) is 64.3 Å². The van der Waals surface area contributed by atoms with Crippen LogP contribution >= 0.6 is 39.3 Å². The Morgan fingerprint density at radius 3 is 2.24 bits per heavy atom. The molecule has 0 bridgehead atoms. The van der Waals surface area contributed by atoms with Gasteiger partial charge in [0, 0.05) is 14.4 Å². The molecule has 3 aromatic rings. The van der Waals surface area contributed by atoms with Gasteiger partial charge >= 0.3 is 0 Å². The van der Waals surface area contributed by atoms with E-state index in [1.54, 1.807) is 36.4 Å². The molecule has 0 atom stereocenters. The number of sulfone groups is 1. The minimum atomic E-state index is -3.81. The summed E-state index contributed by atoms with van der Waals surface area (Å²) in [4.78, 5) is 13.0. The number of halogens is 2. The summed E-state index contributed by atoms with van der Waals surface area (Å²) >= 11 is 9.99.